The average molecular weight is 264 g/mol. The lowest BCUT2D eigenvalue weighted by Gasteiger charge is -2.33. The number of benzene rings is 1. The number of rotatable bonds is 4. The summed E-state index contributed by atoms with van der Waals surface area (Å²) >= 11 is 0. The highest BCUT2D eigenvalue weighted by Crippen LogP contribution is 2.40. The summed E-state index contributed by atoms with van der Waals surface area (Å²) in [5.41, 5.74) is 0.553. The molecule has 0 radical (unpaired) electrons. The lowest BCUT2D eigenvalue weighted by Crippen LogP contribution is -2.22. The van der Waals surface area contributed by atoms with E-state index in [1.54, 1.807) is 12.1 Å². The molecule has 0 aliphatic heterocycles. The first kappa shape index (κ1) is 14.2. The van der Waals surface area contributed by atoms with Gasteiger partial charge in [0, 0.05) is 0 Å². The van der Waals surface area contributed by atoms with Crippen LogP contribution in [0.15, 0.2) is 30.4 Å². The molecule has 1 aromatic rings. The van der Waals surface area contributed by atoms with E-state index in [1.165, 1.54) is 6.07 Å². The van der Waals surface area contributed by atoms with E-state index in [0.29, 0.717) is 17.4 Å². The van der Waals surface area contributed by atoms with Crippen molar-refractivity contribution in [2.45, 2.75) is 45.4 Å². The molecule has 104 valence electrons. The van der Waals surface area contributed by atoms with Crippen LogP contribution in [0.1, 0.15) is 51.0 Å². The molecule has 1 aromatic carbocycles. The van der Waals surface area contributed by atoms with Crippen LogP contribution in [0.4, 0.5) is 8.78 Å². The molecule has 1 aliphatic carbocycles. The quantitative estimate of drug-likeness (QED) is 0.634. The van der Waals surface area contributed by atoms with Crippen molar-refractivity contribution in [1.82, 2.24) is 0 Å². The van der Waals surface area contributed by atoms with Gasteiger partial charge in [-0.25, -0.2) is 8.78 Å². The Morgan fingerprint density at radius 2 is 2.11 bits per heavy atom. The summed E-state index contributed by atoms with van der Waals surface area (Å²) in [5, 5.41) is 0. The first-order valence-corrected chi connectivity index (χ1v) is 7.25. The van der Waals surface area contributed by atoms with Crippen LogP contribution in [0, 0.1) is 23.5 Å². The first-order valence-electron chi connectivity index (χ1n) is 7.25. The zero-order valence-corrected chi connectivity index (χ0v) is 11.7. The largest absolute Gasteiger partial charge is 0.204 e. The number of hydrogen-bond acceptors (Lipinski definition) is 0. The van der Waals surface area contributed by atoms with Crippen LogP contribution in [-0.2, 0) is 0 Å². The highest BCUT2D eigenvalue weighted by Gasteiger charge is 2.29. The van der Waals surface area contributed by atoms with Crippen LogP contribution >= 0.6 is 0 Å². The van der Waals surface area contributed by atoms with Crippen LogP contribution in [0.2, 0.25) is 0 Å². The highest BCUT2D eigenvalue weighted by atomic mass is 19.2. The fourth-order valence-corrected chi connectivity index (χ4v) is 3.26. The summed E-state index contributed by atoms with van der Waals surface area (Å²) in [6.07, 6.45) is 8.52. The van der Waals surface area contributed by atoms with Gasteiger partial charge in [-0.05, 0) is 42.2 Å². The molecule has 1 aliphatic rings. The molecule has 0 saturated heterocycles. The Bertz CT molecular complexity index is 451. The average Bonchev–Trinajstić information content (AvgIpc) is 2.42. The molecule has 0 fully saturated rings. The second kappa shape index (κ2) is 6.31. The molecular weight excluding hydrogens is 242 g/mol. The Hall–Kier alpha value is -1.18. The lowest BCUT2D eigenvalue weighted by molar-refractivity contribution is 0.312. The van der Waals surface area contributed by atoms with Crippen molar-refractivity contribution in [2.24, 2.45) is 11.8 Å². The first-order chi connectivity index (χ1) is 9.15. The fourth-order valence-electron chi connectivity index (χ4n) is 3.26. The van der Waals surface area contributed by atoms with Gasteiger partial charge in [-0.2, -0.15) is 0 Å². The van der Waals surface area contributed by atoms with E-state index in [2.05, 4.69) is 26.0 Å². The molecule has 0 heterocycles. The number of halogens is 2. The monoisotopic (exact) mass is 264 g/mol. The third-order valence-corrected chi connectivity index (χ3v) is 4.25. The molecule has 0 bridgehead atoms. The van der Waals surface area contributed by atoms with Gasteiger partial charge in [0.1, 0.15) is 0 Å². The molecule has 3 atom stereocenters. The Morgan fingerprint density at radius 1 is 1.32 bits per heavy atom. The van der Waals surface area contributed by atoms with E-state index in [4.69, 9.17) is 0 Å². The topological polar surface area (TPSA) is 0 Å². The van der Waals surface area contributed by atoms with Crippen molar-refractivity contribution in [2.75, 3.05) is 0 Å². The summed E-state index contributed by atoms with van der Waals surface area (Å²) in [4.78, 5) is 0. The van der Waals surface area contributed by atoms with Gasteiger partial charge in [-0.1, -0.05) is 51.0 Å². The molecule has 2 heteroatoms. The zero-order chi connectivity index (χ0) is 13.8. The van der Waals surface area contributed by atoms with E-state index in [0.717, 1.165) is 25.7 Å². The summed E-state index contributed by atoms with van der Waals surface area (Å²) in [5.74, 6) is -0.438. The van der Waals surface area contributed by atoms with Gasteiger partial charge in [0.25, 0.3) is 0 Å². The predicted octanol–water partition coefficient (Wildman–Crippen LogP) is 5.45. The van der Waals surface area contributed by atoms with Crippen LogP contribution < -0.4 is 0 Å². The van der Waals surface area contributed by atoms with E-state index in [-0.39, 0.29) is 5.92 Å². The molecule has 0 saturated carbocycles. The van der Waals surface area contributed by atoms with Gasteiger partial charge in [-0.3, -0.25) is 0 Å². The maximum absolute atomic E-state index is 14.0. The van der Waals surface area contributed by atoms with Crippen LogP contribution in [-0.4, -0.2) is 0 Å². The van der Waals surface area contributed by atoms with E-state index >= 15 is 0 Å². The fraction of sp³-hybridized carbons (Fsp3) is 0.529. The minimum absolute atomic E-state index is 0.113. The second-order valence-electron chi connectivity index (χ2n) is 5.60. The minimum Gasteiger partial charge on any atom is -0.204 e. The zero-order valence-electron chi connectivity index (χ0n) is 11.7. The van der Waals surface area contributed by atoms with E-state index < -0.39 is 11.6 Å². The molecule has 0 nitrogen and oxygen atoms in total. The van der Waals surface area contributed by atoms with Gasteiger partial charge in [0.2, 0.25) is 0 Å². The maximum Gasteiger partial charge on any atom is 0.162 e. The molecule has 0 N–H and O–H groups in total. The molecule has 2 rings (SSSR count). The molecule has 0 spiro atoms. The number of hydrogen-bond donors (Lipinski definition) is 0. The third kappa shape index (κ3) is 3.05. The van der Waals surface area contributed by atoms with Crippen LogP contribution in [0.3, 0.4) is 0 Å². The number of allylic oxidation sites excluding steroid dienone is 2. The lowest BCUT2D eigenvalue weighted by atomic mass is 9.72. The van der Waals surface area contributed by atoms with Crippen molar-refractivity contribution >= 4 is 0 Å². The summed E-state index contributed by atoms with van der Waals surface area (Å²) in [7, 11) is 0. The Kier molecular flexibility index (Phi) is 4.73. The van der Waals surface area contributed by atoms with E-state index in [1.807, 2.05) is 0 Å². The minimum atomic E-state index is -0.728. The van der Waals surface area contributed by atoms with Crippen LogP contribution in [0.5, 0.6) is 0 Å². The Balaban J connectivity index is 2.30. The summed E-state index contributed by atoms with van der Waals surface area (Å²) in [6.45, 7) is 4.38. The van der Waals surface area contributed by atoms with Crippen molar-refractivity contribution in [3.8, 4) is 0 Å². The SMILES string of the molecule is CCCC(C)C1C=CCCC1c1cccc(F)c1F. The summed E-state index contributed by atoms with van der Waals surface area (Å²) < 4.78 is 27.4. The van der Waals surface area contributed by atoms with Crippen molar-refractivity contribution < 1.29 is 8.78 Å². The van der Waals surface area contributed by atoms with Gasteiger partial charge >= 0.3 is 0 Å². The third-order valence-electron chi connectivity index (χ3n) is 4.25. The standard InChI is InChI=1S/C17H22F2/c1-3-7-12(2)13-8-4-5-9-14(13)15-10-6-11-16(18)17(15)19/h4,6,8,10-14H,3,5,7,9H2,1-2H3. The maximum atomic E-state index is 14.0. The molecule has 19 heavy (non-hydrogen) atoms. The second-order valence-corrected chi connectivity index (χ2v) is 5.60. The van der Waals surface area contributed by atoms with E-state index in [9.17, 15) is 8.78 Å². The van der Waals surface area contributed by atoms with Crippen molar-refractivity contribution in [3.63, 3.8) is 0 Å². The molecule has 3 unspecified atom stereocenters. The Morgan fingerprint density at radius 3 is 2.84 bits per heavy atom. The normalized spacial score (nSPS) is 24.4. The highest BCUT2D eigenvalue weighted by molar-refractivity contribution is 5.26. The van der Waals surface area contributed by atoms with Gasteiger partial charge in [-0.15, -0.1) is 0 Å². The van der Waals surface area contributed by atoms with Crippen molar-refractivity contribution in [3.05, 3.63) is 47.5 Å². The smallest absolute Gasteiger partial charge is 0.162 e. The van der Waals surface area contributed by atoms with Gasteiger partial charge < -0.3 is 0 Å². The molecule has 0 amide bonds. The predicted molar refractivity (Wildman–Crippen MR) is 75.0 cm³/mol. The van der Waals surface area contributed by atoms with Crippen molar-refractivity contribution in [1.29, 1.82) is 0 Å². The molecule has 0 aromatic heterocycles. The summed E-state index contributed by atoms with van der Waals surface area (Å²) in [6, 6.07) is 4.56. The Labute approximate surface area is 114 Å². The van der Waals surface area contributed by atoms with Gasteiger partial charge in [0.05, 0.1) is 0 Å². The van der Waals surface area contributed by atoms with Gasteiger partial charge in [0.15, 0.2) is 11.6 Å². The van der Waals surface area contributed by atoms with Crippen LogP contribution in [0.25, 0.3) is 0 Å². The molecular formula is C17H22F2.